The van der Waals surface area contributed by atoms with Crippen LogP contribution in [-0.2, 0) is 0 Å². The average Bonchev–Trinajstić information content (AvgIpc) is 2.44. The van der Waals surface area contributed by atoms with Gasteiger partial charge in [0.25, 0.3) is 5.91 Å². The van der Waals surface area contributed by atoms with E-state index in [9.17, 15) is 13.6 Å². The molecule has 0 aliphatic carbocycles. The van der Waals surface area contributed by atoms with E-state index in [2.05, 4.69) is 0 Å². The molecule has 0 aliphatic rings. The summed E-state index contributed by atoms with van der Waals surface area (Å²) in [5.74, 6) is -2.11. The zero-order valence-electron chi connectivity index (χ0n) is 11.1. The average molecular weight is 306 g/mol. The maximum absolute atomic E-state index is 13.2. The van der Waals surface area contributed by atoms with Gasteiger partial charge in [-0.3, -0.25) is 4.79 Å². The maximum Gasteiger partial charge on any atom is 0.258 e. The summed E-state index contributed by atoms with van der Waals surface area (Å²) in [5, 5.41) is 0. The minimum Gasteiger partial charge on any atom is -0.389 e. The van der Waals surface area contributed by atoms with Crippen LogP contribution in [0.25, 0.3) is 0 Å². The lowest BCUT2D eigenvalue weighted by Crippen LogP contribution is -2.26. The molecule has 0 aliphatic heterocycles. The van der Waals surface area contributed by atoms with Gasteiger partial charge in [-0.1, -0.05) is 12.2 Å². The predicted octanol–water partition coefficient (Wildman–Crippen LogP) is 2.88. The molecule has 0 bridgehead atoms. The molecule has 0 atom stereocenters. The number of hydrogen-bond acceptors (Lipinski definition) is 2. The van der Waals surface area contributed by atoms with Gasteiger partial charge < -0.3 is 10.6 Å². The standard InChI is InChI=1S/C15H12F2N2OS/c1-19(13-4-2-9(3-5-13)14(18)21)15(20)10-6-11(16)8-12(17)7-10/h2-8H,1H3,(H2,18,21). The molecular weight excluding hydrogens is 294 g/mol. The van der Waals surface area contributed by atoms with Crippen molar-refractivity contribution >= 4 is 28.8 Å². The van der Waals surface area contributed by atoms with Crippen molar-refractivity contribution in [2.75, 3.05) is 11.9 Å². The molecule has 0 aromatic heterocycles. The van der Waals surface area contributed by atoms with Gasteiger partial charge in [0.1, 0.15) is 16.6 Å². The number of hydrogen-bond donors (Lipinski definition) is 1. The molecule has 2 rings (SSSR count). The fourth-order valence-corrected chi connectivity index (χ4v) is 1.97. The first kappa shape index (κ1) is 15.1. The molecule has 21 heavy (non-hydrogen) atoms. The van der Waals surface area contributed by atoms with Crippen molar-refractivity contribution in [2.45, 2.75) is 0 Å². The number of benzene rings is 2. The van der Waals surface area contributed by atoms with Crippen molar-refractivity contribution in [3.63, 3.8) is 0 Å². The molecule has 2 N–H and O–H groups in total. The highest BCUT2D eigenvalue weighted by Crippen LogP contribution is 2.18. The molecule has 0 saturated carbocycles. The fourth-order valence-electron chi connectivity index (χ4n) is 1.84. The fraction of sp³-hybridized carbons (Fsp3) is 0.0667. The van der Waals surface area contributed by atoms with Crippen molar-refractivity contribution in [1.29, 1.82) is 0 Å². The molecular formula is C15H12F2N2OS. The van der Waals surface area contributed by atoms with Crippen LogP contribution in [0.2, 0.25) is 0 Å². The highest BCUT2D eigenvalue weighted by molar-refractivity contribution is 7.80. The normalized spacial score (nSPS) is 10.2. The number of carbonyl (C=O) groups is 1. The first-order valence-corrected chi connectivity index (χ1v) is 6.43. The summed E-state index contributed by atoms with van der Waals surface area (Å²) in [6.45, 7) is 0. The molecule has 0 radical (unpaired) electrons. The van der Waals surface area contributed by atoms with Crippen LogP contribution in [0.3, 0.4) is 0 Å². The van der Waals surface area contributed by atoms with Gasteiger partial charge in [-0.15, -0.1) is 0 Å². The molecule has 2 aromatic rings. The molecule has 0 fully saturated rings. The van der Waals surface area contributed by atoms with Crippen molar-refractivity contribution in [2.24, 2.45) is 5.73 Å². The Morgan fingerprint density at radius 1 is 1.05 bits per heavy atom. The van der Waals surface area contributed by atoms with Crippen LogP contribution in [0.15, 0.2) is 42.5 Å². The Kier molecular flexibility index (Phi) is 4.28. The molecule has 2 aromatic carbocycles. The lowest BCUT2D eigenvalue weighted by Gasteiger charge is -2.18. The Morgan fingerprint density at radius 3 is 2.05 bits per heavy atom. The summed E-state index contributed by atoms with van der Waals surface area (Å²) in [6.07, 6.45) is 0. The highest BCUT2D eigenvalue weighted by atomic mass is 32.1. The SMILES string of the molecule is CN(C(=O)c1cc(F)cc(F)c1)c1ccc(C(N)=S)cc1. The monoisotopic (exact) mass is 306 g/mol. The zero-order chi connectivity index (χ0) is 15.6. The first-order chi connectivity index (χ1) is 9.88. The molecule has 0 spiro atoms. The molecule has 0 unspecified atom stereocenters. The van der Waals surface area contributed by atoms with Crippen LogP contribution in [0.4, 0.5) is 14.5 Å². The van der Waals surface area contributed by atoms with Crippen LogP contribution < -0.4 is 10.6 Å². The van der Waals surface area contributed by atoms with E-state index in [-0.39, 0.29) is 10.6 Å². The number of anilines is 1. The third kappa shape index (κ3) is 3.41. The van der Waals surface area contributed by atoms with Gasteiger partial charge in [-0.05, 0) is 36.4 Å². The van der Waals surface area contributed by atoms with Gasteiger partial charge in [-0.2, -0.15) is 0 Å². The molecule has 3 nitrogen and oxygen atoms in total. The number of halogens is 2. The van der Waals surface area contributed by atoms with E-state index in [1.165, 1.54) is 11.9 Å². The topological polar surface area (TPSA) is 46.3 Å². The number of thiocarbonyl (C=S) groups is 1. The predicted molar refractivity (Wildman–Crippen MR) is 81.4 cm³/mol. The van der Waals surface area contributed by atoms with Gasteiger partial charge in [-0.25, -0.2) is 8.78 Å². The Hall–Kier alpha value is -2.34. The lowest BCUT2D eigenvalue weighted by atomic mass is 10.1. The second-order valence-electron chi connectivity index (χ2n) is 4.43. The van der Waals surface area contributed by atoms with Gasteiger partial charge in [0.05, 0.1) is 0 Å². The molecule has 0 saturated heterocycles. The smallest absolute Gasteiger partial charge is 0.258 e. The van der Waals surface area contributed by atoms with Crippen LogP contribution >= 0.6 is 12.2 Å². The Bertz CT molecular complexity index is 681. The largest absolute Gasteiger partial charge is 0.389 e. The quantitative estimate of drug-likeness (QED) is 0.887. The van der Waals surface area contributed by atoms with Crippen molar-refractivity contribution < 1.29 is 13.6 Å². The lowest BCUT2D eigenvalue weighted by molar-refractivity contribution is 0.0992. The van der Waals surface area contributed by atoms with E-state index in [0.29, 0.717) is 17.3 Å². The summed E-state index contributed by atoms with van der Waals surface area (Å²) in [7, 11) is 1.51. The second-order valence-corrected chi connectivity index (χ2v) is 4.87. The number of rotatable bonds is 3. The van der Waals surface area contributed by atoms with E-state index in [1.807, 2.05) is 0 Å². The van der Waals surface area contributed by atoms with Crippen LogP contribution in [0.1, 0.15) is 15.9 Å². The Balaban J connectivity index is 2.28. The Morgan fingerprint density at radius 2 is 1.57 bits per heavy atom. The summed E-state index contributed by atoms with van der Waals surface area (Å²) in [6, 6.07) is 9.36. The van der Waals surface area contributed by atoms with Crippen molar-refractivity contribution in [1.82, 2.24) is 0 Å². The van der Waals surface area contributed by atoms with E-state index in [4.69, 9.17) is 18.0 Å². The van der Waals surface area contributed by atoms with Crippen LogP contribution in [0.5, 0.6) is 0 Å². The summed E-state index contributed by atoms with van der Waals surface area (Å²) in [4.78, 5) is 13.8. The van der Waals surface area contributed by atoms with Gasteiger partial charge in [0.15, 0.2) is 0 Å². The number of amides is 1. The molecule has 0 heterocycles. The van der Waals surface area contributed by atoms with E-state index in [0.717, 1.165) is 12.1 Å². The first-order valence-electron chi connectivity index (χ1n) is 6.02. The van der Waals surface area contributed by atoms with Crippen molar-refractivity contribution in [3.05, 3.63) is 65.2 Å². The summed E-state index contributed by atoms with van der Waals surface area (Å²) in [5.41, 5.74) is 6.66. The van der Waals surface area contributed by atoms with Crippen LogP contribution in [-0.4, -0.2) is 17.9 Å². The zero-order valence-corrected chi connectivity index (χ0v) is 12.0. The minimum absolute atomic E-state index is 0.0616. The summed E-state index contributed by atoms with van der Waals surface area (Å²) < 4.78 is 26.3. The molecule has 6 heteroatoms. The number of nitrogens with zero attached hydrogens (tertiary/aromatic N) is 1. The number of nitrogens with two attached hydrogens (primary N) is 1. The van der Waals surface area contributed by atoms with Gasteiger partial charge >= 0.3 is 0 Å². The molecule has 108 valence electrons. The maximum atomic E-state index is 13.2. The second kappa shape index (κ2) is 5.97. The third-order valence-electron chi connectivity index (χ3n) is 2.95. The van der Waals surface area contributed by atoms with E-state index >= 15 is 0 Å². The molecule has 1 amide bonds. The Labute approximate surface area is 126 Å². The van der Waals surface area contributed by atoms with Gasteiger partial charge in [0.2, 0.25) is 0 Å². The minimum atomic E-state index is -0.796. The third-order valence-corrected chi connectivity index (χ3v) is 3.19. The van der Waals surface area contributed by atoms with Gasteiger partial charge in [0, 0.05) is 29.9 Å². The van der Waals surface area contributed by atoms with E-state index < -0.39 is 17.5 Å². The number of carbonyl (C=O) groups excluding carboxylic acids is 1. The van der Waals surface area contributed by atoms with Crippen molar-refractivity contribution in [3.8, 4) is 0 Å². The summed E-state index contributed by atoms with van der Waals surface area (Å²) >= 11 is 4.84. The van der Waals surface area contributed by atoms with Crippen LogP contribution in [0, 0.1) is 11.6 Å². The van der Waals surface area contributed by atoms with E-state index in [1.54, 1.807) is 24.3 Å². The highest BCUT2D eigenvalue weighted by Gasteiger charge is 2.15.